The number of amides is 3. The molecule has 0 aromatic carbocycles. The molecule has 6 nitrogen and oxygen atoms in total. The zero-order chi connectivity index (χ0) is 11.5. The van der Waals surface area contributed by atoms with Crippen molar-refractivity contribution in [2.75, 3.05) is 7.11 Å². The van der Waals surface area contributed by atoms with Crippen molar-refractivity contribution >= 4 is 18.0 Å². The first kappa shape index (κ1) is 10.2. The van der Waals surface area contributed by atoms with Gasteiger partial charge in [-0.3, -0.25) is 10.1 Å². The molecule has 16 heavy (non-hydrogen) atoms. The molecule has 1 aliphatic heterocycles. The van der Waals surface area contributed by atoms with E-state index in [-0.39, 0.29) is 5.70 Å². The van der Waals surface area contributed by atoms with Gasteiger partial charge in [0, 0.05) is 12.3 Å². The molecule has 1 aromatic heterocycles. The fourth-order valence-electron chi connectivity index (χ4n) is 1.25. The Labute approximate surface area is 91.3 Å². The van der Waals surface area contributed by atoms with E-state index in [4.69, 9.17) is 4.74 Å². The zero-order valence-corrected chi connectivity index (χ0v) is 8.48. The predicted molar refractivity (Wildman–Crippen MR) is 55.4 cm³/mol. The maximum absolute atomic E-state index is 11.2. The van der Waals surface area contributed by atoms with Crippen molar-refractivity contribution in [3.63, 3.8) is 0 Å². The van der Waals surface area contributed by atoms with Crippen molar-refractivity contribution in [3.05, 3.63) is 29.6 Å². The number of rotatable bonds is 2. The number of nitrogens with zero attached hydrogens (tertiary/aromatic N) is 1. The maximum atomic E-state index is 11.2. The monoisotopic (exact) mass is 219 g/mol. The number of urea groups is 1. The van der Waals surface area contributed by atoms with Gasteiger partial charge in [-0.15, -0.1) is 0 Å². The van der Waals surface area contributed by atoms with E-state index < -0.39 is 11.9 Å². The summed E-state index contributed by atoms with van der Waals surface area (Å²) < 4.78 is 4.90. The Morgan fingerprint density at radius 3 is 2.62 bits per heavy atom. The highest BCUT2D eigenvalue weighted by atomic mass is 16.5. The number of pyridine rings is 1. The maximum Gasteiger partial charge on any atom is 0.326 e. The summed E-state index contributed by atoms with van der Waals surface area (Å²) in [6, 6.07) is 2.88. The molecule has 0 atom stereocenters. The number of ether oxygens (including phenoxy) is 1. The second kappa shape index (κ2) is 4.01. The van der Waals surface area contributed by atoms with E-state index in [2.05, 4.69) is 15.6 Å². The Morgan fingerprint density at radius 1 is 1.31 bits per heavy atom. The average molecular weight is 219 g/mol. The summed E-state index contributed by atoms with van der Waals surface area (Å²) in [5.74, 6) is 0.0443. The number of carbonyl (C=O) groups is 2. The van der Waals surface area contributed by atoms with Crippen LogP contribution in [0.25, 0.3) is 6.08 Å². The molecule has 0 saturated carbocycles. The molecule has 1 aromatic rings. The second-order valence-corrected chi connectivity index (χ2v) is 3.10. The lowest BCUT2D eigenvalue weighted by Gasteiger charge is -1.98. The molecular weight excluding hydrogens is 210 g/mol. The highest BCUT2D eigenvalue weighted by Gasteiger charge is 2.22. The van der Waals surface area contributed by atoms with Crippen molar-refractivity contribution in [1.82, 2.24) is 15.6 Å². The summed E-state index contributed by atoms with van der Waals surface area (Å²) in [4.78, 5) is 26.0. The van der Waals surface area contributed by atoms with E-state index in [9.17, 15) is 9.59 Å². The average Bonchev–Trinajstić information content (AvgIpc) is 2.59. The van der Waals surface area contributed by atoms with Gasteiger partial charge in [0.2, 0.25) is 5.88 Å². The first-order valence-electron chi connectivity index (χ1n) is 4.53. The van der Waals surface area contributed by atoms with Gasteiger partial charge in [-0.25, -0.2) is 9.78 Å². The standard InChI is InChI=1S/C10H9N3O3/c1-16-8-3-2-6(5-11-8)4-7-9(14)13-10(15)12-7/h2-5H,1H3,(H2,12,13,14,15)/b7-4+. The molecule has 2 N–H and O–H groups in total. The summed E-state index contributed by atoms with van der Waals surface area (Å²) >= 11 is 0. The fourth-order valence-corrected chi connectivity index (χ4v) is 1.25. The highest BCUT2D eigenvalue weighted by molar-refractivity contribution is 6.13. The minimum absolute atomic E-state index is 0.206. The van der Waals surface area contributed by atoms with Gasteiger partial charge in [0.1, 0.15) is 5.70 Å². The number of nitrogens with one attached hydrogen (secondary N) is 2. The third-order valence-electron chi connectivity index (χ3n) is 2.00. The molecule has 2 rings (SSSR count). The van der Waals surface area contributed by atoms with Crippen LogP contribution in [-0.2, 0) is 4.79 Å². The lowest BCUT2D eigenvalue weighted by molar-refractivity contribution is -0.115. The quantitative estimate of drug-likeness (QED) is 0.552. The van der Waals surface area contributed by atoms with Crippen molar-refractivity contribution < 1.29 is 14.3 Å². The molecular formula is C10H9N3O3. The van der Waals surface area contributed by atoms with Crippen molar-refractivity contribution in [2.24, 2.45) is 0 Å². The molecule has 1 aliphatic rings. The highest BCUT2D eigenvalue weighted by Crippen LogP contribution is 2.10. The molecule has 2 heterocycles. The Bertz CT molecular complexity index is 465. The number of methoxy groups -OCH3 is 1. The molecule has 0 unspecified atom stereocenters. The predicted octanol–water partition coefficient (Wildman–Crippen LogP) is 0.271. The van der Waals surface area contributed by atoms with E-state index in [1.807, 2.05) is 0 Å². The number of imide groups is 1. The van der Waals surface area contributed by atoms with Crippen LogP contribution in [0.4, 0.5) is 4.79 Å². The Kier molecular flexibility index (Phi) is 2.55. The molecule has 1 fully saturated rings. The van der Waals surface area contributed by atoms with Crippen LogP contribution in [0.5, 0.6) is 5.88 Å². The van der Waals surface area contributed by atoms with Crippen LogP contribution in [-0.4, -0.2) is 24.0 Å². The van der Waals surface area contributed by atoms with Crippen molar-refractivity contribution in [2.45, 2.75) is 0 Å². The summed E-state index contributed by atoms with van der Waals surface area (Å²) in [5, 5.41) is 4.49. The third kappa shape index (κ3) is 2.00. The Morgan fingerprint density at radius 2 is 2.12 bits per heavy atom. The molecule has 0 aliphatic carbocycles. The zero-order valence-electron chi connectivity index (χ0n) is 8.48. The first-order chi connectivity index (χ1) is 7.69. The van der Waals surface area contributed by atoms with E-state index in [1.165, 1.54) is 13.2 Å². The number of hydrogen-bond donors (Lipinski definition) is 2. The summed E-state index contributed by atoms with van der Waals surface area (Å²) in [6.45, 7) is 0. The lowest BCUT2D eigenvalue weighted by atomic mass is 10.2. The third-order valence-corrected chi connectivity index (χ3v) is 2.00. The van der Waals surface area contributed by atoms with Crippen molar-refractivity contribution in [1.29, 1.82) is 0 Å². The summed E-state index contributed by atoms with van der Waals surface area (Å²) in [5.41, 5.74) is 0.908. The molecule has 1 saturated heterocycles. The largest absolute Gasteiger partial charge is 0.481 e. The molecule has 0 radical (unpaired) electrons. The van der Waals surface area contributed by atoms with Crippen LogP contribution in [0.1, 0.15) is 5.56 Å². The second-order valence-electron chi connectivity index (χ2n) is 3.10. The van der Waals surface area contributed by atoms with Gasteiger partial charge in [-0.2, -0.15) is 0 Å². The fraction of sp³-hybridized carbons (Fsp3) is 0.100. The van der Waals surface area contributed by atoms with E-state index in [1.54, 1.807) is 18.3 Å². The van der Waals surface area contributed by atoms with Crippen LogP contribution in [0.15, 0.2) is 24.0 Å². The molecule has 82 valence electrons. The Balaban J connectivity index is 2.22. The van der Waals surface area contributed by atoms with Crippen LogP contribution in [0.3, 0.4) is 0 Å². The van der Waals surface area contributed by atoms with Gasteiger partial charge in [-0.05, 0) is 17.7 Å². The van der Waals surface area contributed by atoms with E-state index in [0.717, 1.165) is 0 Å². The summed E-state index contributed by atoms with van der Waals surface area (Å²) in [7, 11) is 1.52. The van der Waals surface area contributed by atoms with E-state index >= 15 is 0 Å². The molecule has 6 heteroatoms. The molecule has 0 bridgehead atoms. The number of hydrogen-bond acceptors (Lipinski definition) is 4. The van der Waals surface area contributed by atoms with Gasteiger partial charge in [0.25, 0.3) is 5.91 Å². The molecule has 3 amide bonds. The van der Waals surface area contributed by atoms with Crippen LogP contribution in [0.2, 0.25) is 0 Å². The minimum Gasteiger partial charge on any atom is -0.481 e. The Hall–Kier alpha value is -2.37. The smallest absolute Gasteiger partial charge is 0.326 e. The van der Waals surface area contributed by atoms with Crippen LogP contribution >= 0.6 is 0 Å². The minimum atomic E-state index is -0.516. The van der Waals surface area contributed by atoms with Crippen molar-refractivity contribution in [3.8, 4) is 5.88 Å². The summed E-state index contributed by atoms with van der Waals surface area (Å²) in [6.07, 6.45) is 3.08. The van der Waals surface area contributed by atoms with Gasteiger partial charge < -0.3 is 10.1 Å². The van der Waals surface area contributed by atoms with Crippen LogP contribution < -0.4 is 15.4 Å². The first-order valence-corrected chi connectivity index (χ1v) is 4.53. The van der Waals surface area contributed by atoms with Gasteiger partial charge >= 0.3 is 6.03 Å². The number of carbonyl (C=O) groups excluding carboxylic acids is 2. The lowest BCUT2D eigenvalue weighted by Crippen LogP contribution is -2.22. The SMILES string of the molecule is COc1ccc(/C=C2/NC(=O)NC2=O)cn1. The van der Waals surface area contributed by atoms with Gasteiger partial charge in [-0.1, -0.05) is 0 Å². The van der Waals surface area contributed by atoms with Crippen LogP contribution in [0, 0.1) is 0 Å². The van der Waals surface area contributed by atoms with E-state index in [0.29, 0.717) is 11.4 Å². The van der Waals surface area contributed by atoms with Gasteiger partial charge in [0.15, 0.2) is 0 Å². The van der Waals surface area contributed by atoms with Gasteiger partial charge in [0.05, 0.1) is 7.11 Å². The topological polar surface area (TPSA) is 80.3 Å². The molecule has 0 spiro atoms. The number of aromatic nitrogens is 1. The normalized spacial score (nSPS) is 17.2.